The van der Waals surface area contributed by atoms with Crippen LogP contribution >= 0.6 is 33.2 Å². The molecular formula is C22H24ClFN4O3S3. The van der Waals surface area contributed by atoms with Gasteiger partial charge in [0.25, 0.3) is 0 Å². The van der Waals surface area contributed by atoms with E-state index in [1.165, 1.54) is 24.5 Å². The highest BCUT2D eigenvalue weighted by Gasteiger charge is 2.20. The van der Waals surface area contributed by atoms with Crippen molar-refractivity contribution < 1.29 is 17.5 Å². The van der Waals surface area contributed by atoms with E-state index < -0.39 is 15.8 Å². The van der Waals surface area contributed by atoms with Gasteiger partial charge in [0.05, 0.1) is 28.6 Å². The second-order valence-corrected chi connectivity index (χ2v) is 12.6. The van der Waals surface area contributed by atoms with Crippen molar-refractivity contribution in [3.8, 4) is 5.75 Å². The number of ether oxygens (including phenoxy) is 1. The fourth-order valence-corrected chi connectivity index (χ4v) is 7.88. The van der Waals surface area contributed by atoms with Crippen molar-refractivity contribution in [1.82, 2.24) is 9.97 Å². The van der Waals surface area contributed by atoms with Crippen LogP contribution < -0.4 is 14.8 Å². The van der Waals surface area contributed by atoms with Crippen molar-refractivity contribution in [1.29, 1.82) is 0 Å². The third kappa shape index (κ3) is 6.38. The SMILES string of the molecule is CCOc1cc2ncnc(Nc3ccc(F)c(Cl)c3)c2cc1NS(=O)(=O)CCCC1CSSC1. The molecule has 0 saturated carbocycles. The lowest BCUT2D eigenvalue weighted by molar-refractivity contribution is 0.342. The zero-order chi connectivity index (χ0) is 24.1. The first kappa shape index (κ1) is 25.2. The van der Waals surface area contributed by atoms with Gasteiger partial charge >= 0.3 is 0 Å². The highest BCUT2D eigenvalue weighted by Crippen LogP contribution is 2.37. The van der Waals surface area contributed by atoms with Crippen LogP contribution in [0.25, 0.3) is 10.9 Å². The maximum Gasteiger partial charge on any atom is 0.232 e. The summed E-state index contributed by atoms with van der Waals surface area (Å²) < 4.78 is 47.6. The number of nitrogens with zero attached hydrogens (tertiary/aromatic N) is 2. The van der Waals surface area contributed by atoms with E-state index in [1.54, 1.807) is 12.1 Å². The maximum atomic E-state index is 13.5. The standard InChI is InChI=1S/C22H24ClFN4O3S3/c1-2-31-21-10-19-16(22(26-13-25-19)27-15-5-6-18(24)17(23)8-15)9-20(21)28-34(29,30)7-3-4-14-11-32-33-12-14/h5-6,8-10,13-14,28H,2-4,7,11-12H2,1H3,(H,25,26,27). The van der Waals surface area contributed by atoms with Gasteiger partial charge in [-0.15, -0.1) is 0 Å². The number of sulfonamides is 1. The molecule has 0 aliphatic carbocycles. The minimum atomic E-state index is -3.58. The summed E-state index contributed by atoms with van der Waals surface area (Å²) in [5.41, 5.74) is 1.41. The Kier molecular flexibility index (Phi) is 8.28. The van der Waals surface area contributed by atoms with E-state index in [-0.39, 0.29) is 10.8 Å². The summed E-state index contributed by atoms with van der Waals surface area (Å²) in [5, 5.41) is 3.65. The van der Waals surface area contributed by atoms with Gasteiger partial charge in [0.15, 0.2) is 0 Å². The van der Waals surface area contributed by atoms with Crippen LogP contribution in [0.15, 0.2) is 36.7 Å². The predicted molar refractivity (Wildman–Crippen MR) is 140 cm³/mol. The molecule has 0 atom stereocenters. The molecule has 1 aromatic heterocycles. The molecule has 12 heteroatoms. The molecule has 0 radical (unpaired) electrons. The number of anilines is 3. The lowest BCUT2D eigenvalue weighted by Crippen LogP contribution is -2.18. The highest BCUT2D eigenvalue weighted by atomic mass is 35.5. The van der Waals surface area contributed by atoms with Gasteiger partial charge in [0, 0.05) is 28.6 Å². The molecule has 0 spiro atoms. The summed E-state index contributed by atoms with van der Waals surface area (Å²) >= 11 is 5.89. The van der Waals surface area contributed by atoms with Crippen molar-refractivity contribution in [2.45, 2.75) is 19.8 Å². The lowest BCUT2D eigenvalue weighted by atomic mass is 10.1. The summed E-state index contributed by atoms with van der Waals surface area (Å²) in [6.07, 6.45) is 2.87. The molecule has 0 unspecified atom stereocenters. The van der Waals surface area contributed by atoms with Gasteiger partial charge in [-0.2, -0.15) is 0 Å². The van der Waals surface area contributed by atoms with Crippen molar-refractivity contribution >= 4 is 71.3 Å². The maximum absolute atomic E-state index is 13.5. The number of hydrogen-bond acceptors (Lipinski definition) is 8. The number of nitrogens with one attached hydrogen (secondary N) is 2. The van der Waals surface area contributed by atoms with E-state index in [1.807, 2.05) is 28.5 Å². The molecular weight excluding hydrogens is 519 g/mol. The Bertz CT molecular complexity index is 1270. The summed E-state index contributed by atoms with van der Waals surface area (Å²) in [6.45, 7) is 2.19. The van der Waals surface area contributed by atoms with Crippen molar-refractivity contribution in [3.05, 3.63) is 47.5 Å². The Hall–Kier alpha value is -1.95. The van der Waals surface area contributed by atoms with E-state index >= 15 is 0 Å². The molecule has 2 aromatic carbocycles. The van der Waals surface area contributed by atoms with Crippen LogP contribution in [-0.4, -0.2) is 42.3 Å². The Morgan fingerprint density at radius 3 is 2.74 bits per heavy atom. The van der Waals surface area contributed by atoms with Crippen LogP contribution in [0.2, 0.25) is 5.02 Å². The van der Waals surface area contributed by atoms with Gasteiger partial charge in [-0.1, -0.05) is 33.2 Å². The van der Waals surface area contributed by atoms with Gasteiger partial charge < -0.3 is 10.1 Å². The van der Waals surface area contributed by atoms with Crippen LogP contribution in [0, 0.1) is 11.7 Å². The lowest BCUT2D eigenvalue weighted by Gasteiger charge is -2.16. The number of benzene rings is 2. The first-order chi connectivity index (χ1) is 16.3. The summed E-state index contributed by atoms with van der Waals surface area (Å²) in [5.74, 6) is 3.04. The molecule has 182 valence electrons. The number of halogens is 2. The van der Waals surface area contributed by atoms with Crippen molar-refractivity contribution in [2.75, 3.05) is 33.9 Å². The molecule has 1 aliphatic rings. The highest BCUT2D eigenvalue weighted by molar-refractivity contribution is 8.77. The van der Waals surface area contributed by atoms with Crippen molar-refractivity contribution in [2.24, 2.45) is 5.92 Å². The number of rotatable bonds is 10. The van der Waals surface area contributed by atoms with Crippen LogP contribution in [-0.2, 0) is 10.0 Å². The summed E-state index contributed by atoms with van der Waals surface area (Å²) in [7, 11) is 0.110. The number of fused-ring (bicyclic) bond motifs is 1. The zero-order valence-corrected chi connectivity index (χ0v) is 21.6. The minimum absolute atomic E-state index is 0.0229. The van der Waals surface area contributed by atoms with Crippen LogP contribution in [0.4, 0.5) is 21.6 Å². The largest absolute Gasteiger partial charge is 0.492 e. The zero-order valence-electron chi connectivity index (χ0n) is 18.4. The predicted octanol–water partition coefficient (Wildman–Crippen LogP) is 6.10. The van der Waals surface area contributed by atoms with E-state index in [0.29, 0.717) is 52.8 Å². The monoisotopic (exact) mass is 542 g/mol. The van der Waals surface area contributed by atoms with Gasteiger partial charge in [-0.3, -0.25) is 4.72 Å². The molecule has 7 nitrogen and oxygen atoms in total. The molecule has 34 heavy (non-hydrogen) atoms. The van der Waals surface area contributed by atoms with Crippen LogP contribution in [0.3, 0.4) is 0 Å². The minimum Gasteiger partial charge on any atom is -0.492 e. The average molecular weight is 543 g/mol. The van der Waals surface area contributed by atoms with Crippen LogP contribution in [0.5, 0.6) is 5.75 Å². The Labute approximate surface area is 211 Å². The smallest absolute Gasteiger partial charge is 0.232 e. The Morgan fingerprint density at radius 2 is 2.00 bits per heavy atom. The second kappa shape index (κ2) is 11.2. The Balaban J connectivity index is 1.59. The molecule has 1 aliphatic heterocycles. The van der Waals surface area contributed by atoms with E-state index in [9.17, 15) is 12.8 Å². The molecule has 2 heterocycles. The fraction of sp³-hybridized carbons (Fsp3) is 0.364. The molecule has 4 rings (SSSR count). The van der Waals surface area contributed by atoms with Gasteiger partial charge in [0.1, 0.15) is 23.7 Å². The second-order valence-electron chi connectivity index (χ2n) is 7.77. The normalized spacial score (nSPS) is 14.4. The van der Waals surface area contributed by atoms with Gasteiger partial charge in [0.2, 0.25) is 10.0 Å². The molecule has 1 saturated heterocycles. The Morgan fingerprint density at radius 1 is 1.21 bits per heavy atom. The van der Waals surface area contributed by atoms with E-state index in [2.05, 4.69) is 20.0 Å². The molecule has 3 aromatic rings. The third-order valence-electron chi connectivity index (χ3n) is 5.20. The average Bonchev–Trinajstić information content (AvgIpc) is 3.30. The molecule has 0 bridgehead atoms. The number of hydrogen-bond donors (Lipinski definition) is 2. The fourth-order valence-electron chi connectivity index (χ4n) is 3.53. The quantitative estimate of drug-likeness (QED) is 0.297. The first-order valence-electron chi connectivity index (χ1n) is 10.7. The van der Waals surface area contributed by atoms with E-state index in [0.717, 1.165) is 17.9 Å². The molecule has 2 N–H and O–H groups in total. The van der Waals surface area contributed by atoms with E-state index in [4.69, 9.17) is 16.3 Å². The molecule has 0 amide bonds. The first-order valence-corrected chi connectivity index (χ1v) is 15.2. The summed E-state index contributed by atoms with van der Waals surface area (Å²) in [4.78, 5) is 8.57. The van der Waals surface area contributed by atoms with Crippen molar-refractivity contribution in [3.63, 3.8) is 0 Å². The third-order valence-corrected chi connectivity index (χ3v) is 9.55. The van der Waals surface area contributed by atoms with Gasteiger partial charge in [-0.25, -0.2) is 22.8 Å². The topological polar surface area (TPSA) is 93.2 Å². The van der Waals surface area contributed by atoms with Crippen LogP contribution in [0.1, 0.15) is 19.8 Å². The number of aromatic nitrogens is 2. The van der Waals surface area contributed by atoms with Gasteiger partial charge in [-0.05, 0) is 49.9 Å². The summed E-state index contributed by atoms with van der Waals surface area (Å²) in [6, 6.07) is 7.56. The molecule has 1 fully saturated rings.